The SMILES string of the molecule is CCC1(CC)CSC(Nc2cc(C)ccc2Cl)=N1. The molecule has 0 atom stereocenters. The van der Waals surface area contributed by atoms with Crippen molar-refractivity contribution in [3.63, 3.8) is 0 Å². The van der Waals surface area contributed by atoms with Gasteiger partial charge in [0.2, 0.25) is 0 Å². The zero-order valence-electron chi connectivity index (χ0n) is 11.1. The van der Waals surface area contributed by atoms with Crippen LogP contribution in [0.4, 0.5) is 5.69 Å². The molecule has 2 nitrogen and oxygen atoms in total. The van der Waals surface area contributed by atoms with Gasteiger partial charge in [-0.05, 0) is 37.5 Å². The molecule has 1 aromatic carbocycles. The summed E-state index contributed by atoms with van der Waals surface area (Å²) in [6, 6.07) is 6.00. The summed E-state index contributed by atoms with van der Waals surface area (Å²) >= 11 is 7.97. The molecule has 0 fully saturated rings. The van der Waals surface area contributed by atoms with Crippen molar-refractivity contribution in [3.8, 4) is 0 Å². The van der Waals surface area contributed by atoms with Gasteiger partial charge in [-0.25, -0.2) is 0 Å². The van der Waals surface area contributed by atoms with Crippen molar-refractivity contribution >= 4 is 34.2 Å². The van der Waals surface area contributed by atoms with Crippen molar-refractivity contribution in [1.29, 1.82) is 0 Å². The van der Waals surface area contributed by atoms with E-state index in [2.05, 4.69) is 32.2 Å². The van der Waals surface area contributed by atoms with Crippen molar-refractivity contribution in [1.82, 2.24) is 0 Å². The van der Waals surface area contributed by atoms with Gasteiger partial charge in [0, 0.05) is 5.75 Å². The van der Waals surface area contributed by atoms with Crippen LogP contribution in [-0.4, -0.2) is 16.5 Å². The lowest BCUT2D eigenvalue weighted by Crippen LogP contribution is -2.24. The molecule has 0 amide bonds. The Morgan fingerprint density at radius 3 is 2.72 bits per heavy atom. The zero-order chi connectivity index (χ0) is 13.2. The summed E-state index contributed by atoms with van der Waals surface area (Å²) in [4.78, 5) is 4.83. The Kier molecular flexibility index (Phi) is 4.23. The lowest BCUT2D eigenvalue weighted by atomic mass is 9.97. The number of aryl methyl sites for hydroxylation is 1. The Morgan fingerprint density at radius 2 is 2.11 bits per heavy atom. The number of anilines is 1. The molecule has 1 heterocycles. The predicted octanol–water partition coefficient (Wildman–Crippen LogP) is 4.72. The van der Waals surface area contributed by atoms with E-state index in [0.29, 0.717) is 0 Å². The van der Waals surface area contributed by atoms with E-state index in [1.54, 1.807) is 11.8 Å². The number of nitrogens with one attached hydrogen (secondary N) is 1. The second-order valence-electron chi connectivity index (χ2n) is 4.75. The number of hydrogen-bond donors (Lipinski definition) is 1. The standard InChI is InChI=1S/C14H19ClN2S/c1-4-14(5-2)9-18-13(17-14)16-12-8-10(3)6-7-11(12)15/h6-8H,4-5,9H2,1-3H3,(H,16,17). The Hall–Kier alpha value is -0.670. The maximum atomic E-state index is 6.19. The molecule has 0 saturated heterocycles. The van der Waals surface area contributed by atoms with Crippen LogP contribution in [0.2, 0.25) is 5.02 Å². The number of halogens is 1. The molecule has 4 heteroatoms. The van der Waals surface area contributed by atoms with E-state index in [9.17, 15) is 0 Å². The van der Waals surface area contributed by atoms with Crippen LogP contribution in [0.1, 0.15) is 32.3 Å². The highest BCUT2D eigenvalue weighted by molar-refractivity contribution is 8.14. The van der Waals surface area contributed by atoms with E-state index in [4.69, 9.17) is 16.6 Å². The van der Waals surface area contributed by atoms with Crippen LogP contribution in [0.5, 0.6) is 0 Å². The summed E-state index contributed by atoms with van der Waals surface area (Å²) in [5.41, 5.74) is 2.26. The average molecular weight is 283 g/mol. The number of aliphatic imine (C=N–C) groups is 1. The molecule has 0 bridgehead atoms. The van der Waals surface area contributed by atoms with Crippen LogP contribution in [0, 0.1) is 6.92 Å². The van der Waals surface area contributed by atoms with Crippen LogP contribution in [0.25, 0.3) is 0 Å². The molecule has 1 aromatic rings. The van der Waals surface area contributed by atoms with Gasteiger partial charge in [-0.2, -0.15) is 0 Å². The maximum absolute atomic E-state index is 6.19. The molecule has 0 radical (unpaired) electrons. The summed E-state index contributed by atoms with van der Waals surface area (Å²) in [5, 5.41) is 5.09. The first-order chi connectivity index (χ1) is 8.58. The zero-order valence-corrected chi connectivity index (χ0v) is 12.7. The van der Waals surface area contributed by atoms with Crippen molar-refractivity contribution < 1.29 is 0 Å². The molecule has 2 rings (SSSR count). The first-order valence-corrected chi connectivity index (χ1v) is 7.71. The molecule has 1 aliphatic heterocycles. The third-order valence-electron chi connectivity index (χ3n) is 3.50. The van der Waals surface area contributed by atoms with Crippen molar-refractivity contribution in [2.24, 2.45) is 4.99 Å². The van der Waals surface area contributed by atoms with E-state index in [1.165, 1.54) is 5.56 Å². The third kappa shape index (κ3) is 2.83. The fraction of sp³-hybridized carbons (Fsp3) is 0.500. The van der Waals surface area contributed by atoms with Crippen LogP contribution in [0.3, 0.4) is 0 Å². The molecule has 0 aliphatic carbocycles. The number of nitrogens with zero attached hydrogens (tertiary/aromatic N) is 1. The normalized spacial score (nSPS) is 17.7. The summed E-state index contributed by atoms with van der Waals surface area (Å²) < 4.78 is 0. The summed E-state index contributed by atoms with van der Waals surface area (Å²) in [6.45, 7) is 6.47. The number of amidine groups is 1. The molecule has 0 aromatic heterocycles. The van der Waals surface area contributed by atoms with Crippen molar-refractivity contribution in [2.75, 3.05) is 11.1 Å². The van der Waals surface area contributed by atoms with Gasteiger partial charge < -0.3 is 5.32 Å². The molecule has 18 heavy (non-hydrogen) atoms. The minimum atomic E-state index is 0.114. The van der Waals surface area contributed by atoms with Gasteiger partial charge in [0.1, 0.15) is 0 Å². The van der Waals surface area contributed by atoms with Crippen LogP contribution in [0.15, 0.2) is 23.2 Å². The number of thioether (sulfide) groups is 1. The van der Waals surface area contributed by atoms with Crippen molar-refractivity contribution in [2.45, 2.75) is 39.2 Å². The highest BCUT2D eigenvalue weighted by atomic mass is 35.5. The smallest absolute Gasteiger partial charge is 0.161 e. The summed E-state index contributed by atoms with van der Waals surface area (Å²) in [7, 11) is 0. The fourth-order valence-electron chi connectivity index (χ4n) is 2.01. The Morgan fingerprint density at radius 1 is 1.39 bits per heavy atom. The minimum absolute atomic E-state index is 0.114. The molecule has 0 saturated carbocycles. The highest BCUT2D eigenvalue weighted by Gasteiger charge is 2.32. The quantitative estimate of drug-likeness (QED) is 0.867. The Balaban J connectivity index is 2.18. The van der Waals surface area contributed by atoms with Gasteiger partial charge in [-0.1, -0.05) is 43.3 Å². The van der Waals surface area contributed by atoms with Crippen LogP contribution in [-0.2, 0) is 0 Å². The number of hydrogen-bond acceptors (Lipinski definition) is 3. The fourth-order valence-corrected chi connectivity index (χ4v) is 3.49. The van der Waals surface area contributed by atoms with Crippen molar-refractivity contribution in [3.05, 3.63) is 28.8 Å². The Labute approximate surface area is 118 Å². The first kappa shape index (κ1) is 13.8. The van der Waals surface area contributed by atoms with E-state index in [1.807, 2.05) is 12.1 Å². The largest absolute Gasteiger partial charge is 0.334 e. The van der Waals surface area contributed by atoms with Gasteiger partial charge in [-0.3, -0.25) is 4.99 Å². The van der Waals surface area contributed by atoms with Crippen LogP contribution < -0.4 is 5.32 Å². The Bertz CT molecular complexity index is 467. The monoisotopic (exact) mass is 282 g/mol. The maximum Gasteiger partial charge on any atom is 0.161 e. The van der Waals surface area contributed by atoms with E-state index >= 15 is 0 Å². The van der Waals surface area contributed by atoms with E-state index in [0.717, 1.165) is 34.5 Å². The second-order valence-corrected chi connectivity index (χ2v) is 6.12. The topological polar surface area (TPSA) is 24.4 Å². The van der Waals surface area contributed by atoms with Gasteiger partial charge in [-0.15, -0.1) is 0 Å². The lowest BCUT2D eigenvalue weighted by molar-refractivity contribution is 0.456. The highest BCUT2D eigenvalue weighted by Crippen LogP contribution is 2.34. The molecule has 98 valence electrons. The first-order valence-electron chi connectivity index (χ1n) is 6.34. The number of benzene rings is 1. The summed E-state index contributed by atoms with van der Waals surface area (Å²) in [5.74, 6) is 1.06. The molecule has 0 spiro atoms. The molecular weight excluding hydrogens is 264 g/mol. The van der Waals surface area contributed by atoms with E-state index < -0.39 is 0 Å². The molecule has 0 unspecified atom stereocenters. The predicted molar refractivity (Wildman–Crippen MR) is 83.0 cm³/mol. The van der Waals surface area contributed by atoms with Gasteiger partial charge in [0.05, 0.1) is 16.2 Å². The lowest BCUT2D eigenvalue weighted by Gasteiger charge is -2.20. The summed E-state index contributed by atoms with van der Waals surface area (Å²) in [6.07, 6.45) is 2.17. The molecule has 1 N–H and O–H groups in total. The van der Waals surface area contributed by atoms with Crippen LogP contribution >= 0.6 is 23.4 Å². The third-order valence-corrected chi connectivity index (χ3v) is 4.97. The minimum Gasteiger partial charge on any atom is -0.334 e. The molecule has 1 aliphatic rings. The second kappa shape index (κ2) is 5.54. The van der Waals surface area contributed by atoms with Gasteiger partial charge >= 0.3 is 0 Å². The van der Waals surface area contributed by atoms with Gasteiger partial charge in [0.15, 0.2) is 5.17 Å². The number of rotatable bonds is 3. The van der Waals surface area contributed by atoms with Gasteiger partial charge in [0.25, 0.3) is 0 Å². The average Bonchev–Trinajstić information content (AvgIpc) is 2.78. The molecular formula is C14H19ClN2S. The van der Waals surface area contributed by atoms with E-state index in [-0.39, 0.29) is 5.54 Å².